The van der Waals surface area contributed by atoms with Crippen molar-refractivity contribution in [3.8, 4) is 22.3 Å². The van der Waals surface area contributed by atoms with Gasteiger partial charge in [0, 0.05) is 35.6 Å². The number of carbonyl (C=O) groups excluding carboxylic acids is 1. The van der Waals surface area contributed by atoms with Gasteiger partial charge in [-0.05, 0) is 60.2 Å². The van der Waals surface area contributed by atoms with Gasteiger partial charge in [0.15, 0.2) is 5.49 Å². The number of pyridine rings is 1. The van der Waals surface area contributed by atoms with Crippen molar-refractivity contribution in [3.63, 3.8) is 0 Å². The first-order chi connectivity index (χ1) is 17.5. The highest BCUT2D eigenvalue weighted by Crippen LogP contribution is 2.29. The molecule has 0 aliphatic carbocycles. The minimum absolute atomic E-state index is 0.289. The number of rotatable bonds is 8. The van der Waals surface area contributed by atoms with Gasteiger partial charge in [0.05, 0.1) is 18.4 Å². The van der Waals surface area contributed by atoms with E-state index in [2.05, 4.69) is 21.8 Å². The average molecular weight is 497 g/mol. The number of hydrogen-bond acceptors (Lipinski definition) is 5. The Morgan fingerprint density at radius 1 is 1.06 bits per heavy atom. The van der Waals surface area contributed by atoms with Gasteiger partial charge in [-0.1, -0.05) is 54.1 Å². The molecule has 180 valence electrons. The van der Waals surface area contributed by atoms with Gasteiger partial charge >= 0.3 is 0 Å². The summed E-state index contributed by atoms with van der Waals surface area (Å²) >= 11 is 6.12. The molecule has 8 heteroatoms. The monoisotopic (exact) mass is 496 g/mol. The Balaban J connectivity index is 1.81. The molecular formula is C28H25ClN6O. The number of aliphatic imine (C=N–C) groups is 1. The Kier molecular flexibility index (Phi) is 7.82. The fourth-order valence-corrected chi connectivity index (χ4v) is 3.97. The van der Waals surface area contributed by atoms with Crippen molar-refractivity contribution >= 4 is 30.4 Å². The topological polar surface area (TPSA) is 75.7 Å². The van der Waals surface area contributed by atoms with Gasteiger partial charge in [-0.2, -0.15) is 5.10 Å². The molecule has 0 N–H and O–H groups in total. The number of aromatic nitrogens is 3. The van der Waals surface area contributed by atoms with Crippen LogP contribution in [0, 0.1) is 0 Å². The van der Waals surface area contributed by atoms with Crippen molar-refractivity contribution < 1.29 is 4.79 Å². The van der Waals surface area contributed by atoms with Gasteiger partial charge in [-0.25, -0.2) is 9.69 Å². The largest absolute Gasteiger partial charge is 0.277 e. The fourth-order valence-electron chi connectivity index (χ4n) is 3.85. The second-order valence-electron chi connectivity index (χ2n) is 7.96. The first-order valence-corrected chi connectivity index (χ1v) is 11.6. The van der Waals surface area contributed by atoms with E-state index >= 15 is 0 Å². The molecule has 0 fully saturated rings. The molecule has 0 atom stereocenters. The number of nitrogens with zero attached hydrogens (tertiary/aromatic N) is 6. The molecule has 2 aromatic heterocycles. The van der Waals surface area contributed by atoms with Crippen molar-refractivity contribution in [1.29, 1.82) is 0 Å². The normalized spacial score (nSPS) is 11.9. The van der Waals surface area contributed by atoms with Crippen LogP contribution in [0.15, 0.2) is 95.4 Å². The summed E-state index contributed by atoms with van der Waals surface area (Å²) in [6.07, 6.45) is 7.84. The van der Waals surface area contributed by atoms with Crippen LogP contribution in [0.25, 0.3) is 28.0 Å². The molecule has 0 unspecified atom stereocenters. The summed E-state index contributed by atoms with van der Waals surface area (Å²) in [5.41, 5.74) is 6.73. The zero-order valence-corrected chi connectivity index (χ0v) is 20.8. The molecule has 0 saturated carbocycles. The highest BCUT2D eigenvalue weighted by Gasteiger charge is 2.14. The van der Waals surface area contributed by atoms with Crippen LogP contribution in [-0.4, -0.2) is 32.9 Å². The fraction of sp³-hybridized carbons (Fsp3) is 0.107. The molecular weight excluding hydrogens is 472 g/mol. The van der Waals surface area contributed by atoms with Gasteiger partial charge < -0.3 is 0 Å². The van der Waals surface area contributed by atoms with Gasteiger partial charge in [-0.15, -0.1) is 5.10 Å². The molecule has 2 aromatic carbocycles. The Hall–Kier alpha value is -4.36. The molecule has 2 heterocycles. The van der Waals surface area contributed by atoms with E-state index in [1.165, 1.54) is 5.01 Å². The maximum atomic E-state index is 12.1. The zero-order valence-electron chi connectivity index (χ0n) is 20.0. The van der Waals surface area contributed by atoms with E-state index < -0.39 is 0 Å². The Morgan fingerprint density at radius 2 is 1.75 bits per heavy atom. The SMILES string of the molecule is C=N/C(=C\C)c1ccc(CN(C=O)/N=c2/c(-c3ccncc3)c(-c3ccc(Cl)cc3)cnn2C)cc1. The lowest BCUT2D eigenvalue weighted by molar-refractivity contribution is -0.118. The van der Waals surface area contributed by atoms with Crippen LogP contribution in [0.2, 0.25) is 5.02 Å². The standard InChI is InChI=1S/C28H25ClN6O/c1-4-26(30-2)22-7-5-20(6-8-22)18-35(19-36)33-28-27(23-13-15-31-16-14-23)25(17-32-34(28)3)21-9-11-24(29)12-10-21/h4-17,19H,2,18H2,1,3H3/b26-4-,33-28-. The molecule has 4 aromatic rings. The number of amides is 1. The maximum Gasteiger partial charge on any atom is 0.230 e. The summed E-state index contributed by atoms with van der Waals surface area (Å²) in [7, 11) is 1.80. The van der Waals surface area contributed by atoms with Crippen LogP contribution < -0.4 is 5.49 Å². The molecule has 0 bridgehead atoms. The third-order valence-corrected chi connectivity index (χ3v) is 5.92. The number of allylic oxidation sites excluding steroid dienone is 1. The van der Waals surface area contributed by atoms with Crippen molar-refractivity contribution in [2.45, 2.75) is 13.5 Å². The predicted molar refractivity (Wildman–Crippen MR) is 144 cm³/mol. The second-order valence-corrected chi connectivity index (χ2v) is 8.39. The van der Waals surface area contributed by atoms with E-state index in [4.69, 9.17) is 16.7 Å². The van der Waals surface area contributed by atoms with Gasteiger partial charge in [0.1, 0.15) is 0 Å². The summed E-state index contributed by atoms with van der Waals surface area (Å²) < 4.78 is 1.66. The first kappa shape index (κ1) is 24.8. The van der Waals surface area contributed by atoms with Crippen LogP contribution in [0.5, 0.6) is 0 Å². The van der Waals surface area contributed by atoms with Gasteiger partial charge in [0.2, 0.25) is 6.41 Å². The maximum absolute atomic E-state index is 12.1. The summed E-state index contributed by atoms with van der Waals surface area (Å²) in [5, 5.41) is 11.2. The quantitative estimate of drug-likeness (QED) is 0.188. The number of aryl methyl sites for hydroxylation is 1. The van der Waals surface area contributed by atoms with Gasteiger partial charge in [0.25, 0.3) is 0 Å². The number of halogens is 1. The Morgan fingerprint density at radius 3 is 2.36 bits per heavy atom. The van der Waals surface area contributed by atoms with Crippen LogP contribution in [0.1, 0.15) is 18.1 Å². The third kappa shape index (κ3) is 5.47. The average Bonchev–Trinajstić information content (AvgIpc) is 2.92. The molecule has 0 saturated heterocycles. The van der Waals surface area contributed by atoms with E-state index in [1.807, 2.05) is 73.7 Å². The molecule has 1 amide bonds. The predicted octanol–water partition coefficient (Wildman–Crippen LogP) is 5.34. The molecule has 0 aliphatic rings. The van der Waals surface area contributed by atoms with E-state index in [9.17, 15) is 4.79 Å². The van der Waals surface area contributed by atoms with Crippen molar-refractivity contribution in [3.05, 3.63) is 107 Å². The van der Waals surface area contributed by atoms with E-state index in [-0.39, 0.29) is 6.54 Å². The van der Waals surface area contributed by atoms with Crippen LogP contribution in [-0.2, 0) is 18.4 Å². The first-order valence-electron chi connectivity index (χ1n) is 11.3. The van der Waals surface area contributed by atoms with Crippen molar-refractivity contribution in [2.24, 2.45) is 17.1 Å². The van der Waals surface area contributed by atoms with Crippen LogP contribution >= 0.6 is 11.6 Å². The lowest BCUT2D eigenvalue weighted by Crippen LogP contribution is -2.29. The summed E-state index contributed by atoms with van der Waals surface area (Å²) in [6.45, 7) is 5.81. The minimum atomic E-state index is 0.289. The second kappa shape index (κ2) is 11.4. The molecule has 0 spiro atoms. The number of carbonyl (C=O) groups is 1. The molecule has 0 aliphatic heterocycles. The molecule has 36 heavy (non-hydrogen) atoms. The Labute approximate surface area is 214 Å². The van der Waals surface area contributed by atoms with Crippen molar-refractivity contribution in [1.82, 2.24) is 19.8 Å². The van der Waals surface area contributed by atoms with E-state index in [0.717, 1.165) is 39.1 Å². The highest BCUT2D eigenvalue weighted by atomic mass is 35.5. The lowest BCUT2D eigenvalue weighted by Gasteiger charge is -2.16. The number of hydrogen-bond donors (Lipinski definition) is 0. The summed E-state index contributed by atoms with van der Waals surface area (Å²) in [5.74, 6) is 0. The summed E-state index contributed by atoms with van der Waals surface area (Å²) in [4.78, 5) is 20.3. The highest BCUT2D eigenvalue weighted by molar-refractivity contribution is 6.30. The summed E-state index contributed by atoms with van der Waals surface area (Å²) in [6, 6.07) is 19.1. The molecule has 0 radical (unpaired) electrons. The molecule has 4 rings (SSSR count). The number of benzene rings is 2. The van der Waals surface area contributed by atoms with Crippen LogP contribution in [0.3, 0.4) is 0 Å². The van der Waals surface area contributed by atoms with E-state index in [1.54, 1.807) is 30.3 Å². The smallest absolute Gasteiger partial charge is 0.230 e. The van der Waals surface area contributed by atoms with E-state index in [0.29, 0.717) is 16.9 Å². The minimum Gasteiger partial charge on any atom is -0.277 e. The zero-order chi connectivity index (χ0) is 25.5. The van der Waals surface area contributed by atoms with Gasteiger partial charge in [-0.3, -0.25) is 14.8 Å². The van der Waals surface area contributed by atoms with Crippen molar-refractivity contribution in [2.75, 3.05) is 0 Å². The molecule has 7 nitrogen and oxygen atoms in total. The lowest BCUT2D eigenvalue weighted by atomic mass is 9.98. The third-order valence-electron chi connectivity index (χ3n) is 5.67. The van der Waals surface area contributed by atoms with Crippen LogP contribution in [0.4, 0.5) is 0 Å². The Bertz CT molecular complexity index is 1460.